The van der Waals surface area contributed by atoms with Gasteiger partial charge < -0.3 is 14.4 Å². The minimum atomic E-state index is 0.217. The van der Waals surface area contributed by atoms with Crippen molar-refractivity contribution in [1.29, 1.82) is 0 Å². The van der Waals surface area contributed by atoms with E-state index in [1.54, 1.807) is 7.11 Å². The van der Waals surface area contributed by atoms with Gasteiger partial charge in [0, 0.05) is 13.1 Å². The van der Waals surface area contributed by atoms with Gasteiger partial charge in [-0.1, -0.05) is 30.3 Å². The quantitative estimate of drug-likeness (QED) is 0.757. The third-order valence-electron chi connectivity index (χ3n) is 5.02. The molecular formula is C22H27NO3. The Kier molecular flexibility index (Phi) is 6.53. The molecule has 4 heteroatoms. The number of hydrogen-bond acceptors (Lipinski definition) is 3. The number of rotatable bonds is 7. The Morgan fingerprint density at radius 2 is 1.69 bits per heavy atom. The van der Waals surface area contributed by atoms with Crippen LogP contribution in [-0.4, -0.2) is 37.6 Å². The van der Waals surface area contributed by atoms with Crippen molar-refractivity contribution in [2.45, 2.75) is 25.7 Å². The van der Waals surface area contributed by atoms with Gasteiger partial charge >= 0.3 is 0 Å². The lowest BCUT2D eigenvalue weighted by molar-refractivity contribution is -0.131. The molecule has 4 nitrogen and oxygen atoms in total. The number of para-hydroxylation sites is 1. The topological polar surface area (TPSA) is 38.8 Å². The molecule has 2 aromatic rings. The van der Waals surface area contributed by atoms with E-state index in [-0.39, 0.29) is 5.91 Å². The summed E-state index contributed by atoms with van der Waals surface area (Å²) >= 11 is 0. The van der Waals surface area contributed by atoms with Crippen LogP contribution in [0.3, 0.4) is 0 Å². The lowest BCUT2D eigenvalue weighted by Crippen LogP contribution is -2.39. The standard InChI is InChI=1S/C22H27NO3/c1-25-20-9-7-19(8-10-20)17-22(24)23-14-11-18(12-15-23)13-16-26-21-5-3-2-4-6-21/h2-10,18H,11-17H2,1H3. The SMILES string of the molecule is COc1ccc(CC(=O)N2CCC(CCOc3ccccc3)CC2)cc1. The molecule has 0 bridgehead atoms. The number of piperidine rings is 1. The van der Waals surface area contributed by atoms with Crippen molar-refractivity contribution in [2.75, 3.05) is 26.8 Å². The van der Waals surface area contributed by atoms with Crippen molar-refractivity contribution in [2.24, 2.45) is 5.92 Å². The number of likely N-dealkylation sites (tertiary alicyclic amines) is 1. The Labute approximate surface area is 155 Å². The van der Waals surface area contributed by atoms with E-state index in [9.17, 15) is 4.79 Å². The van der Waals surface area contributed by atoms with Crippen molar-refractivity contribution in [3.05, 3.63) is 60.2 Å². The van der Waals surface area contributed by atoms with Crippen LogP contribution in [0.5, 0.6) is 11.5 Å². The van der Waals surface area contributed by atoms with E-state index in [0.29, 0.717) is 12.3 Å². The van der Waals surface area contributed by atoms with Gasteiger partial charge in [-0.25, -0.2) is 0 Å². The maximum Gasteiger partial charge on any atom is 0.226 e. The van der Waals surface area contributed by atoms with E-state index in [0.717, 1.165) is 56.0 Å². The van der Waals surface area contributed by atoms with Crippen LogP contribution in [0.2, 0.25) is 0 Å². The predicted molar refractivity (Wildman–Crippen MR) is 103 cm³/mol. The normalized spacial score (nSPS) is 14.9. The van der Waals surface area contributed by atoms with Gasteiger partial charge in [0.15, 0.2) is 0 Å². The van der Waals surface area contributed by atoms with E-state index in [2.05, 4.69) is 0 Å². The van der Waals surface area contributed by atoms with E-state index in [4.69, 9.17) is 9.47 Å². The van der Waals surface area contributed by atoms with Crippen LogP contribution in [0.1, 0.15) is 24.8 Å². The van der Waals surface area contributed by atoms with Gasteiger partial charge in [0.05, 0.1) is 20.1 Å². The Hall–Kier alpha value is -2.49. The highest BCUT2D eigenvalue weighted by molar-refractivity contribution is 5.78. The van der Waals surface area contributed by atoms with E-state index >= 15 is 0 Å². The summed E-state index contributed by atoms with van der Waals surface area (Å²) in [6, 6.07) is 17.7. The van der Waals surface area contributed by atoms with Crippen molar-refractivity contribution in [3.63, 3.8) is 0 Å². The monoisotopic (exact) mass is 353 g/mol. The molecule has 0 atom stereocenters. The molecule has 2 aromatic carbocycles. The molecule has 1 aliphatic heterocycles. The maximum atomic E-state index is 12.5. The fourth-order valence-corrected chi connectivity index (χ4v) is 3.36. The maximum absolute atomic E-state index is 12.5. The highest BCUT2D eigenvalue weighted by Crippen LogP contribution is 2.22. The molecule has 26 heavy (non-hydrogen) atoms. The zero-order chi connectivity index (χ0) is 18.2. The molecule has 1 fully saturated rings. The summed E-state index contributed by atoms with van der Waals surface area (Å²) in [6.07, 6.45) is 3.64. The zero-order valence-corrected chi connectivity index (χ0v) is 15.4. The summed E-state index contributed by atoms with van der Waals surface area (Å²) in [4.78, 5) is 14.5. The molecule has 0 aliphatic carbocycles. The predicted octanol–water partition coefficient (Wildman–Crippen LogP) is 3.95. The molecule has 1 amide bonds. The summed E-state index contributed by atoms with van der Waals surface area (Å²) in [5.74, 6) is 2.61. The zero-order valence-electron chi connectivity index (χ0n) is 15.4. The first-order valence-corrected chi connectivity index (χ1v) is 9.33. The lowest BCUT2D eigenvalue weighted by atomic mass is 9.93. The summed E-state index contributed by atoms with van der Waals surface area (Å²) < 4.78 is 10.9. The molecule has 1 heterocycles. The number of nitrogens with zero attached hydrogens (tertiary/aromatic N) is 1. The van der Waals surface area contributed by atoms with Crippen molar-refractivity contribution in [1.82, 2.24) is 4.90 Å². The first-order chi connectivity index (χ1) is 12.7. The fraction of sp³-hybridized carbons (Fsp3) is 0.409. The number of methoxy groups -OCH3 is 1. The van der Waals surface area contributed by atoms with Crippen LogP contribution in [-0.2, 0) is 11.2 Å². The van der Waals surface area contributed by atoms with Crippen LogP contribution in [0.4, 0.5) is 0 Å². The molecule has 1 saturated heterocycles. The fourth-order valence-electron chi connectivity index (χ4n) is 3.36. The first-order valence-electron chi connectivity index (χ1n) is 9.33. The molecule has 0 spiro atoms. The Bertz CT molecular complexity index is 676. The van der Waals surface area contributed by atoms with Gasteiger partial charge in [-0.2, -0.15) is 0 Å². The molecule has 3 rings (SSSR count). The highest BCUT2D eigenvalue weighted by atomic mass is 16.5. The highest BCUT2D eigenvalue weighted by Gasteiger charge is 2.22. The van der Waals surface area contributed by atoms with Crippen LogP contribution < -0.4 is 9.47 Å². The van der Waals surface area contributed by atoms with Crippen molar-refractivity contribution in [3.8, 4) is 11.5 Å². The van der Waals surface area contributed by atoms with Crippen molar-refractivity contribution < 1.29 is 14.3 Å². The lowest BCUT2D eigenvalue weighted by Gasteiger charge is -2.32. The van der Waals surface area contributed by atoms with Crippen LogP contribution >= 0.6 is 0 Å². The Balaban J connectivity index is 1.37. The Morgan fingerprint density at radius 1 is 1.00 bits per heavy atom. The van der Waals surface area contributed by atoms with Crippen molar-refractivity contribution >= 4 is 5.91 Å². The molecular weight excluding hydrogens is 326 g/mol. The minimum Gasteiger partial charge on any atom is -0.497 e. The third kappa shape index (κ3) is 5.25. The average Bonchev–Trinajstić information content (AvgIpc) is 2.70. The van der Waals surface area contributed by atoms with Gasteiger partial charge in [0.1, 0.15) is 11.5 Å². The summed E-state index contributed by atoms with van der Waals surface area (Å²) in [6.45, 7) is 2.45. The van der Waals surface area contributed by atoms with Gasteiger partial charge in [0.25, 0.3) is 0 Å². The van der Waals surface area contributed by atoms with Crippen LogP contribution in [0.25, 0.3) is 0 Å². The molecule has 0 aromatic heterocycles. The van der Waals surface area contributed by atoms with Crippen LogP contribution in [0, 0.1) is 5.92 Å². The molecule has 0 saturated carbocycles. The molecule has 1 aliphatic rings. The summed E-state index contributed by atoms with van der Waals surface area (Å²) in [5.41, 5.74) is 1.04. The molecule has 0 N–H and O–H groups in total. The summed E-state index contributed by atoms with van der Waals surface area (Å²) in [5, 5.41) is 0. The minimum absolute atomic E-state index is 0.217. The number of amides is 1. The van der Waals surface area contributed by atoms with E-state index in [1.165, 1.54) is 0 Å². The number of carbonyl (C=O) groups excluding carboxylic acids is 1. The second-order valence-electron chi connectivity index (χ2n) is 6.80. The molecule has 0 radical (unpaired) electrons. The number of hydrogen-bond donors (Lipinski definition) is 0. The van der Waals surface area contributed by atoms with E-state index < -0.39 is 0 Å². The summed E-state index contributed by atoms with van der Waals surface area (Å²) in [7, 11) is 1.65. The van der Waals surface area contributed by atoms with Crippen LogP contribution in [0.15, 0.2) is 54.6 Å². The van der Waals surface area contributed by atoms with Gasteiger partial charge in [-0.15, -0.1) is 0 Å². The molecule has 0 unspecified atom stereocenters. The van der Waals surface area contributed by atoms with Gasteiger partial charge in [0.2, 0.25) is 5.91 Å². The Morgan fingerprint density at radius 3 is 2.35 bits per heavy atom. The number of ether oxygens (including phenoxy) is 2. The smallest absolute Gasteiger partial charge is 0.226 e. The van der Waals surface area contributed by atoms with Gasteiger partial charge in [-0.3, -0.25) is 4.79 Å². The first kappa shape index (κ1) is 18.3. The second-order valence-corrected chi connectivity index (χ2v) is 6.80. The van der Waals surface area contributed by atoms with E-state index in [1.807, 2.05) is 59.5 Å². The molecule has 138 valence electrons. The number of carbonyl (C=O) groups is 1. The largest absolute Gasteiger partial charge is 0.497 e. The second kappa shape index (κ2) is 9.27. The number of benzene rings is 2. The average molecular weight is 353 g/mol. The third-order valence-corrected chi connectivity index (χ3v) is 5.02. The van der Waals surface area contributed by atoms with Gasteiger partial charge in [-0.05, 0) is 55.0 Å².